The van der Waals surface area contributed by atoms with Crippen molar-refractivity contribution in [2.75, 3.05) is 0 Å². The van der Waals surface area contributed by atoms with Crippen molar-refractivity contribution < 1.29 is 27.9 Å². The second-order valence-electron chi connectivity index (χ2n) is 6.88. The fraction of sp³-hybridized carbons (Fsp3) is 0.350. The standard InChI is InChI=1S/C20H17ClF3NO3/c21-14-6-7-16(20(22,23)24)15(9-14)18(26)12-3-1-11(2-4-12)13-5-8-17(19(27)28)25-10-13/h5-12H,1-4H2,(H,27,28). The number of carboxylic acid groups (broad SMARTS) is 1. The van der Waals surface area contributed by atoms with E-state index in [4.69, 9.17) is 16.7 Å². The smallest absolute Gasteiger partial charge is 0.417 e. The number of Topliss-reactive ketones (excluding diaryl/α,β-unsaturated/α-hetero) is 1. The average molecular weight is 412 g/mol. The van der Waals surface area contributed by atoms with Crippen LogP contribution in [0.1, 0.15) is 63.6 Å². The number of pyridine rings is 1. The number of carbonyl (C=O) groups is 2. The molecule has 0 spiro atoms. The van der Waals surface area contributed by atoms with Crippen LogP contribution in [-0.4, -0.2) is 21.8 Å². The Hall–Kier alpha value is -2.41. The summed E-state index contributed by atoms with van der Waals surface area (Å²) in [5, 5.41) is 8.99. The summed E-state index contributed by atoms with van der Waals surface area (Å²) >= 11 is 5.82. The summed E-state index contributed by atoms with van der Waals surface area (Å²) in [6, 6.07) is 6.19. The third-order valence-corrected chi connectivity index (χ3v) is 5.36. The Balaban J connectivity index is 1.72. The predicted molar refractivity (Wildman–Crippen MR) is 96.7 cm³/mol. The summed E-state index contributed by atoms with van der Waals surface area (Å²) in [6.45, 7) is 0. The van der Waals surface area contributed by atoms with Crippen molar-refractivity contribution in [3.63, 3.8) is 0 Å². The lowest BCUT2D eigenvalue weighted by Crippen LogP contribution is -2.24. The van der Waals surface area contributed by atoms with Crippen molar-refractivity contribution in [2.45, 2.75) is 37.8 Å². The highest BCUT2D eigenvalue weighted by molar-refractivity contribution is 6.31. The van der Waals surface area contributed by atoms with E-state index in [-0.39, 0.29) is 22.2 Å². The molecule has 0 atom stereocenters. The topological polar surface area (TPSA) is 67.3 Å². The molecule has 1 aliphatic carbocycles. The Labute approximate surface area is 164 Å². The zero-order valence-electron chi connectivity index (χ0n) is 14.7. The molecule has 0 bridgehead atoms. The van der Waals surface area contributed by atoms with Crippen LogP contribution in [-0.2, 0) is 6.18 Å². The first-order chi connectivity index (χ1) is 13.2. The lowest BCUT2D eigenvalue weighted by Gasteiger charge is -2.28. The fourth-order valence-electron chi connectivity index (χ4n) is 3.65. The largest absolute Gasteiger partial charge is 0.477 e. The molecule has 0 radical (unpaired) electrons. The predicted octanol–water partition coefficient (Wildman–Crippen LogP) is 5.61. The number of rotatable bonds is 4. The molecule has 0 amide bonds. The molecule has 1 aromatic carbocycles. The van der Waals surface area contributed by atoms with Gasteiger partial charge < -0.3 is 5.11 Å². The lowest BCUT2D eigenvalue weighted by atomic mass is 9.76. The average Bonchev–Trinajstić information content (AvgIpc) is 2.66. The molecule has 1 saturated carbocycles. The minimum atomic E-state index is -4.62. The number of carboxylic acids is 1. The van der Waals surface area contributed by atoms with Crippen LogP contribution in [0.2, 0.25) is 5.02 Å². The number of nitrogens with zero attached hydrogens (tertiary/aromatic N) is 1. The number of carbonyl (C=O) groups excluding carboxylic acids is 1. The highest BCUT2D eigenvalue weighted by Gasteiger charge is 2.37. The number of hydrogen-bond donors (Lipinski definition) is 1. The molecule has 8 heteroatoms. The number of ketones is 1. The number of hydrogen-bond acceptors (Lipinski definition) is 3. The molecule has 2 aromatic rings. The van der Waals surface area contributed by atoms with Crippen LogP contribution < -0.4 is 0 Å². The van der Waals surface area contributed by atoms with E-state index in [0.29, 0.717) is 25.7 Å². The Kier molecular flexibility index (Phi) is 5.74. The van der Waals surface area contributed by atoms with Gasteiger partial charge in [0, 0.05) is 22.7 Å². The Morgan fingerprint density at radius 3 is 2.29 bits per heavy atom. The summed E-state index contributed by atoms with van der Waals surface area (Å²) in [6.07, 6.45) is -0.972. The molecule has 3 rings (SSSR count). The van der Waals surface area contributed by atoms with Crippen molar-refractivity contribution in [3.05, 3.63) is 63.9 Å². The second-order valence-corrected chi connectivity index (χ2v) is 7.32. The van der Waals surface area contributed by atoms with Gasteiger partial charge in [0.05, 0.1) is 5.56 Å². The SMILES string of the molecule is O=C(O)c1ccc(C2CCC(C(=O)c3cc(Cl)ccc3C(F)(F)F)CC2)cn1. The Morgan fingerprint density at radius 1 is 1.07 bits per heavy atom. The van der Waals surface area contributed by atoms with Gasteiger partial charge in [-0.15, -0.1) is 0 Å². The zero-order valence-corrected chi connectivity index (χ0v) is 15.4. The van der Waals surface area contributed by atoms with Gasteiger partial charge >= 0.3 is 12.1 Å². The van der Waals surface area contributed by atoms with Crippen LogP contribution in [0, 0.1) is 5.92 Å². The van der Waals surface area contributed by atoms with E-state index in [9.17, 15) is 22.8 Å². The van der Waals surface area contributed by atoms with Gasteiger partial charge in [-0.2, -0.15) is 13.2 Å². The van der Waals surface area contributed by atoms with Gasteiger partial charge in [-0.05, 0) is 61.4 Å². The summed E-state index contributed by atoms with van der Waals surface area (Å²) in [5.41, 5.74) is -0.517. The van der Waals surface area contributed by atoms with Crippen molar-refractivity contribution in [2.24, 2.45) is 5.92 Å². The van der Waals surface area contributed by atoms with E-state index in [1.165, 1.54) is 12.3 Å². The number of halogens is 4. The van der Waals surface area contributed by atoms with Crippen molar-refractivity contribution in [3.8, 4) is 0 Å². The van der Waals surface area contributed by atoms with E-state index in [1.54, 1.807) is 6.07 Å². The molecule has 0 unspecified atom stereocenters. The number of benzene rings is 1. The molecule has 28 heavy (non-hydrogen) atoms. The van der Waals surface area contributed by atoms with Crippen molar-refractivity contribution >= 4 is 23.4 Å². The molecule has 1 aliphatic rings. The van der Waals surface area contributed by atoms with Gasteiger partial charge in [-0.1, -0.05) is 17.7 Å². The van der Waals surface area contributed by atoms with Crippen molar-refractivity contribution in [1.82, 2.24) is 4.98 Å². The number of aromatic carboxylic acids is 1. The fourth-order valence-corrected chi connectivity index (χ4v) is 3.82. The van der Waals surface area contributed by atoms with Gasteiger partial charge in [0.15, 0.2) is 5.78 Å². The van der Waals surface area contributed by atoms with Crippen LogP contribution >= 0.6 is 11.6 Å². The van der Waals surface area contributed by atoms with Crippen molar-refractivity contribution in [1.29, 1.82) is 0 Å². The maximum Gasteiger partial charge on any atom is 0.417 e. The van der Waals surface area contributed by atoms with Gasteiger partial charge in [-0.25, -0.2) is 9.78 Å². The van der Waals surface area contributed by atoms with E-state index in [1.807, 2.05) is 0 Å². The molecule has 1 aromatic heterocycles. The zero-order chi connectivity index (χ0) is 20.5. The lowest BCUT2D eigenvalue weighted by molar-refractivity contribution is -0.137. The monoisotopic (exact) mass is 411 g/mol. The van der Waals surface area contributed by atoms with Crippen LogP contribution in [0.3, 0.4) is 0 Å². The molecule has 0 saturated heterocycles. The maximum atomic E-state index is 13.2. The van der Waals surface area contributed by atoms with Gasteiger partial charge in [0.1, 0.15) is 5.69 Å². The number of alkyl halides is 3. The number of aromatic nitrogens is 1. The van der Waals surface area contributed by atoms with Crippen LogP contribution in [0.4, 0.5) is 13.2 Å². The maximum absolute atomic E-state index is 13.2. The molecular formula is C20H17ClF3NO3. The quantitative estimate of drug-likeness (QED) is 0.664. The summed E-state index contributed by atoms with van der Waals surface area (Å²) in [7, 11) is 0. The van der Waals surface area contributed by atoms with E-state index in [0.717, 1.165) is 23.8 Å². The molecule has 4 nitrogen and oxygen atoms in total. The first kappa shape index (κ1) is 20.3. The summed E-state index contributed by atoms with van der Waals surface area (Å²) < 4.78 is 39.7. The Bertz CT molecular complexity index is 889. The van der Waals surface area contributed by atoms with Gasteiger partial charge in [0.2, 0.25) is 0 Å². The highest BCUT2D eigenvalue weighted by Crippen LogP contribution is 2.39. The molecule has 1 fully saturated rings. The highest BCUT2D eigenvalue weighted by atomic mass is 35.5. The summed E-state index contributed by atoms with van der Waals surface area (Å²) in [5.74, 6) is -2.04. The normalized spacial score (nSPS) is 20.0. The first-order valence-corrected chi connectivity index (χ1v) is 9.15. The second kappa shape index (κ2) is 7.91. The third kappa shape index (κ3) is 4.35. The third-order valence-electron chi connectivity index (χ3n) is 5.13. The van der Waals surface area contributed by atoms with E-state index >= 15 is 0 Å². The van der Waals surface area contributed by atoms with Gasteiger partial charge in [0.25, 0.3) is 0 Å². The van der Waals surface area contributed by atoms with E-state index < -0.39 is 29.4 Å². The van der Waals surface area contributed by atoms with Crippen LogP contribution in [0.5, 0.6) is 0 Å². The molecule has 0 aliphatic heterocycles. The minimum Gasteiger partial charge on any atom is -0.477 e. The molecule has 148 valence electrons. The first-order valence-electron chi connectivity index (χ1n) is 8.77. The van der Waals surface area contributed by atoms with Crippen LogP contribution in [0.15, 0.2) is 36.5 Å². The van der Waals surface area contributed by atoms with Crippen LogP contribution in [0.25, 0.3) is 0 Å². The van der Waals surface area contributed by atoms with E-state index in [2.05, 4.69) is 4.98 Å². The molecular weight excluding hydrogens is 395 g/mol. The summed E-state index contributed by atoms with van der Waals surface area (Å²) in [4.78, 5) is 27.5. The van der Waals surface area contributed by atoms with Gasteiger partial charge in [-0.3, -0.25) is 4.79 Å². The minimum absolute atomic E-state index is 0.0479. The molecule has 1 N–H and O–H groups in total. The molecule has 1 heterocycles. The Morgan fingerprint density at radius 2 is 1.75 bits per heavy atom.